The third-order valence-corrected chi connectivity index (χ3v) is 4.51. The van der Waals surface area contributed by atoms with Crippen LogP contribution < -0.4 is 0 Å². The van der Waals surface area contributed by atoms with Crippen molar-refractivity contribution < 1.29 is 4.79 Å². The first kappa shape index (κ1) is 11.0. The molecule has 1 aliphatic rings. The summed E-state index contributed by atoms with van der Waals surface area (Å²) in [4.78, 5) is 11.7. The summed E-state index contributed by atoms with van der Waals surface area (Å²) in [7, 11) is -1.03. The second kappa shape index (κ2) is 4.40. The summed E-state index contributed by atoms with van der Waals surface area (Å²) in [5.41, 5.74) is 0. The normalized spacial score (nSPS) is 25.8. The maximum absolute atomic E-state index is 11.7. The van der Waals surface area contributed by atoms with Crippen molar-refractivity contribution in [1.29, 1.82) is 0 Å². The molecule has 76 valence electrons. The monoisotopic (exact) mass is 198 g/mol. The summed E-state index contributed by atoms with van der Waals surface area (Å²) in [6, 6.07) is 1.21. The van der Waals surface area contributed by atoms with Crippen LogP contribution in [0.2, 0.25) is 25.7 Å². The zero-order valence-corrected chi connectivity index (χ0v) is 10.2. The molecule has 1 saturated carbocycles. The average molecular weight is 198 g/mol. The van der Waals surface area contributed by atoms with Gasteiger partial charge < -0.3 is 0 Å². The predicted octanol–water partition coefficient (Wildman–Crippen LogP) is 3.47. The molecule has 0 heterocycles. The molecule has 0 N–H and O–H groups in total. The maximum Gasteiger partial charge on any atom is 0.135 e. The van der Waals surface area contributed by atoms with Crippen molar-refractivity contribution >= 4 is 13.9 Å². The van der Waals surface area contributed by atoms with E-state index in [-0.39, 0.29) is 0 Å². The van der Waals surface area contributed by atoms with Crippen LogP contribution in [0.3, 0.4) is 0 Å². The van der Waals surface area contributed by atoms with E-state index in [2.05, 4.69) is 19.6 Å². The molecule has 1 atom stereocenters. The SMILES string of the molecule is C[Si](C)(C)CC1CCCCCC1=O. The Morgan fingerprint density at radius 3 is 2.54 bits per heavy atom. The standard InChI is InChI=1S/C11H22OSi/c1-13(2,3)9-10-7-5-4-6-8-11(10)12/h10H,4-9H2,1-3H3. The van der Waals surface area contributed by atoms with E-state index in [1.54, 1.807) is 0 Å². The van der Waals surface area contributed by atoms with Crippen molar-refractivity contribution in [2.75, 3.05) is 0 Å². The van der Waals surface area contributed by atoms with Crippen LogP contribution in [-0.2, 0) is 4.79 Å². The molecule has 0 aromatic rings. The maximum atomic E-state index is 11.7. The number of hydrogen-bond donors (Lipinski definition) is 0. The number of rotatable bonds is 2. The van der Waals surface area contributed by atoms with E-state index in [1.165, 1.54) is 25.3 Å². The van der Waals surface area contributed by atoms with E-state index in [9.17, 15) is 4.79 Å². The van der Waals surface area contributed by atoms with Gasteiger partial charge in [-0.25, -0.2) is 0 Å². The molecule has 0 radical (unpaired) electrons. The van der Waals surface area contributed by atoms with Gasteiger partial charge in [-0.15, -0.1) is 0 Å². The van der Waals surface area contributed by atoms with Crippen LogP contribution in [0, 0.1) is 5.92 Å². The molecule has 0 amide bonds. The van der Waals surface area contributed by atoms with Gasteiger partial charge in [0.05, 0.1) is 0 Å². The first-order chi connectivity index (χ1) is 5.99. The Morgan fingerprint density at radius 2 is 1.92 bits per heavy atom. The van der Waals surface area contributed by atoms with Gasteiger partial charge in [0.2, 0.25) is 0 Å². The highest BCUT2D eigenvalue weighted by molar-refractivity contribution is 6.76. The van der Waals surface area contributed by atoms with Crippen LogP contribution in [0.25, 0.3) is 0 Å². The fourth-order valence-electron chi connectivity index (χ4n) is 2.19. The number of carbonyl (C=O) groups is 1. The number of carbonyl (C=O) groups excluding carboxylic acids is 1. The van der Waals surface area contributed by atoms with Gasteiger partial charge in [-0.3, -0.25) is 4.79 Å². The van der Waals surface area contributed by atoms with Gasteiger partial charge in [-0.1, -0.05) is 32.5 Å². The molecule has 1 unspecified atom stereocenters. The second-order valence-electron chi connectivity index (χ2n) is 5.53. The summed E-state index contributed by atoms with van der Waals surface area (Å²) in [6.07, 6.45) is 5.72. The topological polar surface area (TPSA) is 17.1 Å². The highest BCUT2D eigenvalue weighted by atomic mass is 28.3. The lowest BCUT2D eigenvalue weighted by atomic mass is 10.0. The van der Waals surface area contributed by atoms with Crippen LogP contribution in [0.4, 0.5) is 0 Å². The van der Waals surface area contributed by atoms with Gasteiger partial charge in [0.25, 0.3) is 0 Å². The zero-order chi connectivity index (χ0) is 9.90. The van der Waals surface area contributed by atoms with Crippen molar-refractivity contribution in [2.45, 2.75) is 57.8 Å². The Labute approximate surface area is 82.9 Å². The zero-order valence-electron chi connectivity index (χ0n) is 9.23. The lowest BCUT2D eigenvalue weighted by Crippen LogP contribution is -2.27. The highest BCUT2D eigenvalue weighted by Gasteiger charge is 2.26. The van der Waals surface area contributed by atoms with Crippen LogP contribution in [0.15, 0.2) is 0 Å². The summed E-state index contributed by atoms with van der Waals surface area (Å²) >= 11 is 0. The lowest BCUT2D eigenvalue weighted by Gasteiger charge is -2.22. The van der Waals surface area contributed by atoms with Crippen molar-refractivity contribution in [2.24, 2.45) is 5.92 Å². The summed E-state index contributed by atoms with van der Waals surface area (Å²) in [5.74, 6) is 0.981. The summed E-state index contributed by atoms with van der Waals surface area (Å²) in [6.45, 7) is 7.10. The molecular weight excluding hydrogens is 176 g/mol. The predicted molar refractivity (Wildman–Crippen MR) is 59.7 cm³/mol. The second-order valence-corrected chi connectivity index (χ2v) is 11.1. The summed E-state index contributed by atoms with van der Waals surface area (Å²) < 4.78 is 0. The van der Waals surface area contributed by atoms with E-state index in [0.717, 1.165) is 12.8 Å². The van der Waals surface area contributed by atoms with E-state index in [0.29, 0.717) is 11.7 Å². The van der Waals surface area contributed by atoms with Gasteiger partial charge in [0.1, 0.15) is 5.78 Å². The van der Waals surface area contributed by atoms with Gasteiger partial charge in [-0.2, -0.15) is 0 Å². The van der Waals surface area contributed by atoms with Crippen LogP contribution in [0.1, 0.15) is 32.1 Å². The minimum Gasteiger partial charge on any atom is -0.299 e. The molecule has 0 saturated heterocycles. The Bertz CT molecular complexity index is 181. The summed E-state index contributed by atoms with van der Waals surface area (Å²) in [5, 5.41) is 0. The smallest absolute Gasteiger partial charge is 0.135 e. The molecule has 0 bridgehead atoms. The molecule has 1 fully saturated rings. The molecular formula is C11H22OSi. The first-order valence-corrected chi connectivity index (χ1v) is 9.22. The van der Waals surface area contributed by atoms with E-state index < -0.39 is 8.07 Å². The van der Waals surface area contributed by atoms with Crippen molar-refractivity contribution in [3.05, 3.63) is 0 Å². The molecule has 0 aromatic carbocycles. The van der Waals surface area contributed by atoms with Gasteiger partial charge >= 0.3 is 0 Å². The largest absolute Gasteiger partial charge is 0.299 e. The fraction of sp³-hybridized carbons (Fsp3) is 0.909. The number of hydrogen-bond acceptors (Lipinski definition) is 1. The molecule has 2 heteroatoms. The highest BCUT2D eigenvalue weighted by Crippen LogP contribution is 2.27. The van der Waals surface area contributed by atoms with Crippen molar-refractivity contribution in [3.8, 4) is 0 Å². The first-order valence-electron chi connectivity index (χ1n) is 5.52. The van der Waals surface area contributed by atoms with Gasteiger partial charge in [0, 0.05) is 20.4 Å². The van der Waals surface area contributed by atoms with Gasteiger partial charge in [0.15, 0.2) is 0 Å². The Balaban J connectivity index is 2.50. The third kappa shape index (κ3) is 4.07. The molecule has 0 spiro atoms. The van der Waals surface area contributed by atoms with Crippen LogP contribution in [-0.4, -0.2) is 13.9 Å². The molecule has 1 nitrogen and oxygen atoms in total. The van der Waals surface area contributed by atoms with Crippen molar-refractivity contribution in [1.82, 2.24) is 0 Å². The minimum absolute atomic E-state index is 0.425. The quantitative estimate of drug-likeness (QED) is 0.490. The molecule has 13 heavy (non-hydrogen) atoms. The molecule has 1 aliphatic carbocycles. The average Bonchev–Trinajstić information content (AvgIpc) is 2.14. The Kier molecular flexibility index (Phi) is 3.71. The van der Waals surface area contributed by atoms with Crippen LogP contribution in [0.5, 0.6) is 0 Å². The molecule has 0 aliphatic heterocycles. The van der Waals surface area contributed by atoms with Crippen LogP contribution >= 0.6 is 0 Å². The molecule has 0 aromatic heterocycles. The van der Waals surface area contributed by atoms with E-state index in [1.807, 2.05) is 0 Å². The van der Waals surface area contributed by atoms with Crippen molar-refractivity contribution in [3.63, 3.8) is 0 Å². The Hall–Kier alpha value is -0.113. The Morgan fingerprint density at radius 1 is 1.23 bits per heavy atom. The lowest BCUT2D eigenvalue weighted by molar-refractivity contribution is -0.122. The fourth-order valence-corrected chi connectivity index (χ4v) is 4.10. The third-order valence-electron chi connectivity index (χ3n) is 2.79. The van der Waals surface area contributed by atoms with E-state index in [4.69, 9.17) is 0 Å². The minimum atomic E-state index is -1.03. The number of Topliss-reactive ketones (excluding diaryl/α,β-unsaturated/α-hetero) is 1. The molecule has 1 rings (SSSR count). The number of ketones is 1. The van der Waals surface area contributed by atoms with Gasteiger partial charge in [-0.05, 0) is 18.9 Å². The van der Waals surface area contributed by atoms with E-state index >= 15 is 0 Å².